The molecule has 2 heterocycles. The summed E-state index contributed by atoms with van der Waals surface area (Å²) in [5, 5.41) is 2.51. The highest BCUT2D eigenvalue weighted by Crippen LogP contribution is 2.31. The van der Waals surface area contributed by atoms with Gasteiger partial charge in [0, 0.05) is 28.9 Å². The van der Waals surface area contributed by atoms with Gasteiger partial charge in [0.1, 0.15) is 18.5 Å². The van der Waals surface area contributed by atoms with Crippen LogP contribution in [0.2, 0.25) is 0 Å². The standard InChI is InChI=1S/C16H15NO2/c1-17-15-5-3-2-4-13(15)14-8-11(6-7-16(14)17)18-9-12-10-19-12/h2-8,12H,9-10H2,1H3/t12-/m1/s1. The fourth-order valence-electron chi connectivity index (χ4n) is 2.59. The number of nitrogens with zero attached hydrogens (tertiary/aromatic N) is 1. The molecule has 0 radical (unpaired) electrons. The van der Waals surface area contributed by atoms with Crippen molar-refractivity contribution in [2.45, 2.75) is 6.10 Å². The second-order valence-corrected chi connectivity index (χ2v) is 5.02. The molecule has 19 heavy (non-hydrogen) atoms. The fourth-order valence-corrected chi connectivity index (χ4v) is 2.59. The second-order valence-electron chi connectivity index (χ2n) is 5.02. The van der Waals surface area contributed by atoms with Crippen molar-refractivity contribution in [2.24, 2.45) is 7.05 Å². The Bertz CT molecular complexity index is 756. The molecule has 1 aromatic heterocycles. The fraction of sp³-hybridized carbons (Fsp3) is 0.250. The second kappa shape index (κ2) is 4.00. The first-order valence-corrected chi connectivity index (χ1v) is 6.54. The maximum atomic E-state index is 5.76. The van der Waals surface area contributed by atoms with Crippen molar-refractivity contribution in [1.29, 1.82) is 0 Å². The van der Waals surface area contributed by atoms with Crippen LogP contribution in [0.3, 0.4) is 0 Å². The van der Waals surface area contributed by atoms with Crippen LogP contribution < -0.4 is 4.74 Å². The Hall–Kier alpha value is -2.00. The lowest BCUT2D eigenvalue weighted by atomic mass is 10.1. The number of aromatic nitrogens is 1. The monoisotopic (exact) mass is 253 g/mol. The SMILES string of the molecule is Cn1c2ccccc2c2cc(OC[C@@H]3CO3)ccc21. The van der Waals surface area contributed by atoms with Crippen LogP contribution in [0.1, 0.15) is 0 Å². The number of aryl methyl sites for hydroxylation is 1. The van der Waals surface area contributed by atoms with Crippen molar-refractivity contribution >= 4 is 21.8 Å². The zero-order valence-electron chi connectivity index (χ0n) is 10.8. The lowest BCUT2D eigenvalue weighted by Crippen LogP contribution is -2.03. The Morgan fingerprint density at radius 1 is 1.16 bits per heavy atom. The first-order valence-electron chi connectivity index (χ1n) is 6.54. The zero-order chi connectivity index (χ0) is 12.8. The number of benzene rings is 2. The average Bonchev–Trinajstić information content (AvgIpc) is 3.24. The third kappa shape index (κ3) is 1.78. The van der Waals surface area contributed by atoms with Gasteiger partial charge in [-0.15, -0.1) is 0 Å². The van der Waals surface area contributed by atoms with Crippen LogP contribution in [0.25, 0.3) is 21.8 Å². The first-order chi connectivity index (χ1) is 9.33. The topological polar surface area (TPSA) is 26.7 Å². The van der Waals surface area contributed by atoms with Crippen molar-refractivity contribution < 1.29 is 9.47 Å². The van der Waals surface area contributed by atoms with E-state index in [9.17, 15) is 0 Å². The van der Waals surface area contributed by atoms with Gasteiger partial charge in [-0.2, -0.15) is 0 Å². The normalized spacial score (nSPS) is 18.1. The smallest absolute Gasteiger partial charge is 0.120 e. The molecule has 96 valence electrons. The molecule has 0 amide bonds. The number of epoxide rings is 1. The molecule has 0 aliphatic carbocycles. The summed E-state index contributed by atoms with van der Waals surface area (Å²) in [6.07, 6.45) is 0.295. The van der Waals surface area contributed by atoms with Crippen molar-refractivity contribution in [2.75, 3.05) is 13.2 Å². The Balaban J connectivity index is 1.84. The van der Waals surface area contributed by atoms with E-state index in [0.29, 0.717) is 12.7 Å². The van der Waals surface area contributed by atoms with Crippen molar-refractivity contribution in [3.8, 4) is 5.75 Å². The molecule has 0 unspecified atom stereocenters. The molecular formula is C16H15NO2. The third-order valence-electron chi connectivity index (χ3n) is 3.72. The van der Waals surface area contributed by atoms with E-state index in [1.54, 1.807) is 0 Å². The van der Waals surface area contributed by atoms with E-state index in [1.807, 2.05) is 6.07 Å². The molecule has 3 aromatic rings. The van der Waals surface area contributed by atoms with Gasteiger partial charge in [0.05, 0.1) is 6.61 Å². The Morgan fingerprint density at radius 3 is 2.79 bits per heavy atom. The van der Waals surface area contributed by atoms with Crippen LogP contribution in [-0.4, -0.2) is 23.9 Å². The van der Waals surface area contributed by atoms with Crippen LogP contribution in [0.5, 0.6) is 5.75 Å². The van der Waals surface area contributed by atoms with Crippen LogP contribution in [0.15, 0.2) is 42.5 Å². The summed E-state index contributed by atoms with van der Waals surface area (Å²) in [5.74, 6) is 0.916. The van der Waals surface area contributed by atoms with Gasteiger partial charge in [0.2, 0.25) is 0 Å². The molecule has 0 N–H and O–H groups in total. The molecule has 1 saturated heterocycles. The van der Waals surface area contributed by atoms with E-state index in [4.69, 9.17) is 9.47 Å². The highest BCUT2D eigenvalue weighted by Gasteiger charge is 2.23. The lowest BCUT2D eigenvalue weighted by molar-refractivity contribution is 0.263. The number of para-hydroxylation sites is 1. The number of rotatable bonds is 3. The van der Waals surface area contributed by atoms with Crippen LogP contribution >= 0.6 is 0 Å². The highest BCUT2D eigenvalue weighted by molar-refractivity contribution is 6.08. The summed E-state index contributed by atoms with van der Waals surface area (Å²) in [7, 11) is 2.10. The first kappa shape index (κ1) is 10.9. The lowest BCUT2D eigenvalue weighted by Gasteiger charge is -2.04. The van der Waals surface area contributed by atoms with Gasteiger partial charge in [0.15, 0.2) is 0 Å². The molecule has 1 aliphatic heterocycles. The average molecular weight is 253 g/mol. The minimum atomic E-state index is 0.295. The Kier molecular flexibility index (Phi) is 2.29. The molecule has 2 aromatic carbocycles. The molecule has 3 nitrogen and oxygen atoms in total. The van der Waals surface area contributed by atoms with Gasteiger partial charge < -0.3 is 14.0 Å². The van der Waals surface area contributed by atoms with Crippen molar-refractivity contribution in [1.82, 2.24) is 4.57 Å². The summed E-state index contributed by atoms with van der Waals surface area (Å²) < 4.78 is 13.1. The van der Waals surface area contributed by atoms with Gasteiger partial charge in [-0.05, 0) is 24.3 Å². The van der Waals surface area contributed by atoms with Gasteiger partial charge in [-0.3, -0.25) is 0 Å². The predicted octanol–water partition coefficient (Wildman–Crippen LogP) is 3.11. The summed E-state index contributed by atoms with van der Waals surface area (Å²) in [6, 6.07) is 14.7. The summed E-state index contributed by atoms with van der Waals surface area (Å²) in [6.45, 7) is 1.48. The Morgan fingerprint density at radius 2 is 1.95 bits per heavy atom. The predicted molar refractivity (Wildman–Crippen MR) is 75.7 cm³/mol. The highest BCUT2D eigenvalue weighted by atomic mass is 16.6. The molecule has 4 rings (SSSR count). The summed E-state index contributed by atoms with van der Waals surface area (Å²) in [4.78, 5) is 0. The quantitative estimate of drug-likeness (QED) is 0.670. The number of ether oxygens (including phenoxy) is 2. The minimum Gasteiger partial charge on any atom is -0.491 e. The summed E-state index contributed by atoms with van der Waals surface area (Å²) in [5.41, 5.74) is 2.48. The molecule has 3 heteroatoms. The van der Waals surface area contributed by atoms with E-state index in [1.165, 1.54) is 21.8 Å². The zero-order valence-corrected chi connectivity index (χ0v) is 10.8. The van der Waals surface area contributed by atoms with Gasteiger partial charge >= 0.3 is 0 Å². The van der Waals surface area contributed by atoms with E-state index in [0.717, 1.165) is 12.4 Å². The molecular weight excluding hydrogens is 238 g/mol. The van der Waals surface area contributed by atoms with E-state index in [2.05, 4.69) is 48.0 Å². The van der Waals surface area contributed by atoms with Gasteiger partial charge in [-0.1, -0.05) is 18.2 Å². The number of fused-ring (bicyclic) bond motifs is 3. The molecule has 0 saturated carbocycles. The van der Waals surface area contributed by atoms with Crippen molar-refractivity contribution in [3.63, 3.8) is 0 Å². The molecule has 0 spiro atoms. The number of hydrogen-bond donors (Lipinski definition) is 0. The Labute approximate surface area is 111 Å². The molecule has 0 bridgehead atoms. The van der Waals surface area contributed by atoms with Gasteiger partial charge in [-0.25, -0.2) is 0 Å². The largest absolute Gasteiger partial charge is 0.491 e. The van der Waals surface area contributed by atoms with Crippen LogP contribution in [0.4, 0.5) is 0 Å². The summed E-state index contributed by atoms with van der Waals surface area (Å²) >= 11 is 0. The van der Waals surface area contributed by atoms with E-state index < -0.39 is 0 Å². The molecule has 1 aliphatic rings. The van der Waals surface area contributed by atoms with Crippen LogP contribution in [0, 0.1) is 0 Å². The molecule has 1 atom stereocenters. The van der Waals surface area contributed by atoms with Gasteiger partial charge in [0.25, 0.3) is 0 Å². The van der Waals surface area contributed by atoms with Crippen molar-refractivity contribution in [3.05, 3.63) is 42.5 Å². The minimum absolute atomic E-state index is 0.295. The maximum Gasteiger partial charge on any atom is 0.120 e. The third-order valence-corrected chi connectivity index (χ3v) is 3.72. The number of hydrogen-bond acceptors (Lipinski definition) is 2. The molecule has 1 fully saturated rings. The van der Waals surface area contributed by atoms with E-state index >= 15 is 0 Å². The maximum absolute atomic E-state index is 5.76. The van der Waals surface area contributed by atoms with E-state index in [-0.39, 0.29) is 0 Å². The van der Waals surface area contributed by atoms with Crippen LogP contribution in [-0.2, 0) is 11.8 Å².